The largest absolute Gasteiger partial charge is 0.573 e. The molecule has 0 unspecified atom stereocenters. The van der Waals surface area contributed by atoms with Crippen LogP contribution in [0.2, 0.25) is 0 Å². The lowest BCUT2D eigenvalue weighted by Gasteiger charge is -2.34. The van der Waals surface area contributed by atoms with Gasteiger partial charge in [0.2, 0.25) is 5.91 Å². The molecule has 0 atom stereocenters. The highest BCUT2D eigenvalue weighted by Gasteiger charge is 2.32. The Hall–Kier alpha value is -3.76. The van der Waals surface area contributed by atoms with E-state index in [9.17, 15) is 27.6 Å². The van der Waals surface area contributed by atoms with E-state index >= 15 is 0 Å². The number of fused-ring (bicyclic) bond motifs is 1. The quantitative estimate of drug-likeness (QED) is 0.254. The van der Waals surface area contributed by atoms with E-state index in [0.717, 1.165) is 5.56 Å². The fraction of sp³-hybridized carbons (Fsp3) is 0.483. The van der Waals surface area contributed by atoms with Crippen LogP contribution in [-0.4, -0.2) is 54.3 Å². The maximum absolute atomic E-state index is 12.9. The summed E-state index contributed by atoms with van der Waals surface area (Å²) in [5.74, 6) is -0.0628. The summed E-state index contributed by atoms with van der Waals surface area (Å²) < 4.78 is 53.0. The van der Waals surface area contributed by atoms with E-state index in [-0.39, 0.29) is 42.5 Å². The molecule has 11 heteroatoms. The Balaban J connectivity index is 1.53. The first kappa shape index (κ1) is 30.8. The van der Waals surface area contributed by atoms with Gasteiger partial charge in [-0.25, -0.2) is 4.79 Å². The van der Waals surface area contributed by atoms with E-state index in [1.807, 2.05) is 20.8 Å². The minimum Gasteiger partial charge on any atom is -0.491 e. The number of Topliss-reactive ketones (excluding diaryl/α,β-unsaturated/α-hetero) is 1. The Labute approximate surface area is 231 Å². The van der Waals surface area contributed by atoms with Crippen LogP contribution in [0.25, 0.3) is 0 Å². The molecule has 0 spiro atoms. The first-order valence-corrected chi connectivity index (χ1v) is 13.1. The van der Waals surface area contributed by atoms with Gasteiger partial charge in [-0.2, -0.15) is 0 Å². The molecule has 40 heavy (non-hydrogen) atoms. The maximum Gasteiger partial charge on any atom is 0.573 e. The molecule has 2 aromatic carbocycles. The number of amides is 2. The number of halogens is 3. The van der Waals surface area contributed by atoms with Crippen molar-refractivity contribution in [2.24, 2.45) is 0 Å². The van der Waals surface area contributed by atoms with Gasteiger partial charge in [0.15, 0.2) is 5.78 Å². The van der Waals surface area contributed by atoms with Crippen molar-refractivity contribution in [2.45, 2.75) is 71.7 Å². The van der Waals surface area contributed by atoms with Gasteiger partial charge in [-0.1, -0.05) is 18.2 Å². The molecule has 0 fully saturated rings. The number of ketones is 1. The van der Waals surface area contributed by atoms with Gasteiger partial charge >= 0.3 is 12.5 Å². The SMILES string of the molecule is CC(=O)Nc1cc(C(=O)CCCCN(C(=O)OCCc2ccccc2OC(F)(F)F)C(C)(C)C)cc2c1OCC2. The number of rotatable bonds is 11. The van der Waals surface area contributed by atoms with Gasteiger partial charge in [-0.05, 0) is 57.4 Å². The van der Waals surface area contributed by atoms with E-state index in [0.29, 0.717) is 49.4 Å². The third kappa shape index (κ3) is 8.89. The molecule has 0 saturated carbocycles. The Morgan fingerprint density at radius 2 is 1.80 bits per heavy atom. The molecular formula is C29H35F3N2O6. The van der Waals surface area contributed by atoms with Crippen molar-refractivity contribution in [2.75, 3.05) is 25.1 Å². The number of carbonyl (C=O) groups is 3. The van der Waals surface area contributed by atoms with Gasteiger partial charge in [-0.15, -0.1) is 13.2 Å². The van der Waals surface area contributed by atoms with Crippen LogP contribution in [0.1, 0.15) is 68.4 Å². The lowest BCUT2D eigenvalue weighted by atomic mass is 10.00. The van der Waals surface area contributed by atoms with Gasteiger partial charge in [0.1, 0.15) is 11.5 Å². The lowest BCUT2D eigenvalue weighted by molar-refractivity contribution is -0.274. The van der Waals surface area contributed by atoms with E-state index in [2.05, 4.69) is 10.1 Å². The highest BCUT2D eigenvalue weighted by atomic mass is 19.4. The minimum atomic E-state index is -4.82. The summed E-state index contributed by atoms with van der Waals surface area (Å²) in [5, 5.41) is 2.72. The van der Waals surface area contributed by atoms with Crippen LogP contribution in [-0.2, 0) is 22.4 Å². The number of para-hydroxylation sites is 1. The predicted octanol–water partition coefficient (Wildman–Crippen LogP) is 6.31. The third-order valence-corrected chi connectivity index (χ3v) is 6.28. The summed E-state index contributed by atoms with van der Waals surface area (Å²) in [6, 6.07) is 9.15. The first-order valence-electron chi connectivity index (χ1n) is 13.1. The summed E-state index contributed by atoms with van der Waals surface area (Å²) in [6.07, 6.45) is -3.39. The van der Waals surface area contributed by atoms with Gasteiger partial charge in [0.25, 0.3) is 0 Å². The predicted molar refractivity (Wildman–Crippen MR) is 143 cm³/mol. The van der Waals surface area contributed by atoms with Gasteiger partial charge in [0, 0.05) is 49.4 Å². The Kier molecular flexibility index (Phi) is 10.1. The molecule has 1 N–H and O–H groups in total. The zero-order valence-electron chi connectivity index (χ0n) is 23.2. The van der Waals surface area contributed by atoms with Crippen LogP contribution >= 0.6 is 0 Å². The number of carbonyl (C=O) groups excluding carboxylic acids is 3. The highest BCUT2D eigenvalue weighted by Crippen LogP contribution is 2.35. The number of hydrogen-bond donors (Lipinski definition) is 1. The molecule has 0 aromatic heterocycles. The van der Waals surface area contributed by atoms with E-state index < -0.39 is 18.0 Å². The Morgan fingerprint density at radius 3 is 2.48 bits per heavy atom. The van der Waals surface area contributed by atoms with Crippen LogP contribution < -0.4 is 14.8 Å². The molecule has 0 bridgehead atoms. The third-order valence-electron chi connectivity index (χ3n) is 6.28. The minimum absolute atomic E-state index is 0.0524. The van der Waals surface area contributed by atoms with Crippen molar-refractivity contribution in [3.05, 3.63) is 53.1 Å². The maximum atomic E-state index is 12.9. The summed E-state index contributed by atoms with van der Waals surface area (Å²) in [5.41, 5.74) is 1.55. The molecule has 0 saturated heterocycles. The molecule has 1 aliphatic rings. The van der Waals surface area contributed by atoms with Gasteiger partial charge < -0.3 is 24.4 Å². The molecule has 2 aromatic rings. The molecule has 1 heterocycles. The second kappa shape index (κ2) is 13.1. The molecule has 8 nitrogen and oxygen atoms in total. The van der Waals surface area contributed by atoms with E-state index in [1.165, 1.54) is 30.0 Å². The van der Waals surface area contributed by atoms with Crippen molar-refractivity contribution in [1.29, 1.82) is 0 Å². The molecule has 3 rings (SSSR count). The molecular weight excluding hydrogens is 529 g/mol. The topological polar surface area (TPSA) is 94.2 Å². The average molecular weight is 565 g/mol. The number of anilines is 1. The number of alkyl halides is 3. The number of nitrogens with one attached hydrogen (secondary N) is 1. The van der Waals surface area contributed by atoms with Gasteiger partial charge in [-0.3, -0.25) is 9.59 Å². The fourth-order valence-electron chi connectivity index (χ4n) is 4.41. The second-order valence-corrected chi connectivity index (χ2v) is 10.5. The average Bonchev–Trinajstić information content (AvgIpc) is 3.32. The zero-order chi connectivity index (χ0) is 29.5. The van der Waals surface area contributed by atoms with Crippen LogP contribution in [0.5, 0.6) is 11.5 Å². The van der Waals surface area contributed by atoms with Crippen LogP contribution in [0.15, 0.2) is 36.4 Å². The monoisotopic (exact) mass is 564 g/mol. The number of nitrogens with zero attached hydrogens (tertiary/aromatic N) is 1. The standard InChI is InChI=1S/C29H35F3N2O6/c1-19(35)33-23-18-22(17-21-13-15-38-26(21)23)24(36)10-7-8-14-34(28(2,3)4)27(37)39-16-12-20-9-5-6-11-25(20)40-29(30,31)32/h5-6,9,11,17-18H,7-8,10,12-16H2,1-4H3,(H,33,35). The molecule has 2 amide bonds. The van der Waals surface area contributed by atoms with E-state index in [4.69, 9.17) is 9.47 Å². The number of hydrogen-bond acceptors (Lipinski definition) is 6. The highest BCUT2D eigenvalue weighted by molar-refractivity contribution is 5.99. The molecule has 218 valence electrons. The summed E-state index contributed by atoms with van der Waals surface area (Å²) >= 11 is 0. The fourth-order valence-corrected chi connectivity index (χ4v) is 4.41. The summed E-state index contributed by atoms with van der Waals surface area (Å²) in [7, 11) is 0. The number of benzene rings is 2. The second-order valence-electron chi connectivity index (χ2n) is 10.5. The van der Waals surface area contributed by atoms with Crippen LogP contribution in [0.3, 0.4) is 0 Å². The zero-order valence-corrected chi connectivity index (χ0v) is 23.2. The van der Waals surface area contributed by atoms with Crippen molar-refractivity contribution < 1.29 is 41.8 Å². The van der Waals surface area contributed by atoms with Crippen molar-refractivity contribution in [3.8, 4) is 11.5 Å². The first-order chi connectivity index (χ1) is 18.7. The Morgan fingerprint density at radius 1 is 1.07 bits per heavy atom. The lowest BCUT2D eigenvalue weighted by Crippen LogP contribution is -2.46. The van der Waals surface area contributed by atoms with Crippen molar-refractivity contribution in [1.82, 2.24) is 4.90 Å². The van der Waals surface area contributed by atoms with Crippen molar-refractivity contribution >= 4 is 23.5 Å². The smallest absolute Gasteiger partial charge is 0.491 e. The normalized spacial score (nSPS) is 12.8. The number of ether oxygens (including phenoxy) is 3. The van der Waals surface area contributed by atoms with Crippen LogP contribution in [0, 0.1) is 0 Å². The van der Waals surface area contributed by atoms with Gasteiger partial charge in [0.05, 0.1) is 18.9 Å². The molecule has 0 aliphatic carbocycles. The summed E-state index contributed by atoms with van der Waals surface area (Å²) in [6.45, 7) is 7.64. The molecule has 1 aliphatic heterocycles. The molecule has 0 radical (unpaired) electrons. The van der Waals surface area contributed by atoms with Crippen molar-refractivity contribution in [3.63, 3.8) is 0 Å². The number of unbranched alkanes of at least 4 members (excludes halogenated alkanes) is 1. The summed E-state index contributed by atoms with van der Waals surface area (Å²) in [4.78, 5) is 38.9. The Bertz CT molecular complexity index is 1220. The van der Waals surface area contributed by atoms with E-state index in [1.54, 1.807) is 18.2 Å². The van der Waals surface area contributed by atoms with Crippen LogP contribution in [0.4, 0.5) is 23.7 Å².